The van der Waals surface area contributed by atoms with Crippen molar-refractivity contribution in [2.45, 2.75) is 91.4 Å². The number of nitrogens with two attached hydrogens (primary N) is 3. The van der Waals surface area contributed by atoms with Crippen molar-refractivity contribution in [3.63, 3.8) is 0 Å². The molecular formula is C32H45N3. The van der Waals surface area contributed by atoms with E-state index in [9.17, 15) is 0 Å². The molecule has 6 N–H and O–H groups in total. The highest BCUT2D eigenvalue weighted by molar-refractivity contribution is 5.61. The van der Waals surface area contributed by atoms with Crippen molar-refractivity contribution in [2.24, 2.45) is 0 Å². The van der Waals surface area contributed by atoms with Crippen molar-refractivity contribution < 1.29 is 0 Å². The number of benzene rings is 3. The summed E-state index contributed by atoms with van der Waals surface area (Å²) in [5.41, 5.74) is 30.5. The Balaban J connectivity index is 2.07. The average molecular weight is 472 g/mol. The van der Waals surface area contributed by atoms with Crippen molar-refractivity contribution in [1.29, 1.82) is 0 Å². The summed E-state index contributed by atoms with van der Waals surface area (Å²) in [6.07, 6.45) is 1.62. The van der Waals surface area contributed by atoms with Crippen LogP contribution in [-0.4, -0.2) is 0 Å². The zero-order valence-corrected chi connectivity index (χ0v) is 23.3. The van der Waals surface area contributed by atoms with E-state index in [1.165, 1.54) is 38.9 Å². The first-order valence-corrected chi connectivity index (χ1v) is 12.7. The van der Waals surface area contributed by atoms with Crippen LogP contribution in [0.1, 0.15) is 101 Å². The van der Waals surface area contributed by atoms with Crippen molar-refractivity contribution in [3.05, 3.63) is 87.5 Å². The lowest BCUT2D eigenvalue weighted by Crippen LogP contribution is -2.17. The third-order valence-corrected chi connectivity index (χ3v) is 6.79. The van der Waals surface area contributed by atoms with E-state index in [1.54, 1.807) is 0 Å². The van der Waals surface area contributed by atoms with Gasteiger partial charge in [-0.3, -0.25) is 0 Å². The van der Waals surface area contributed by atoms with E-state index in [2.05, 4.69) is 98.7 Å². The molecule has 35 heavy (non-hydrogen) atoms. The van der Waals surface area contributed by atoms with Gasteiger partial charge in [-0.15, -0.1) is 0 Å². The number of hydrogen-bond donors (Lipinski definition) is 3. The van der Waals surface area contributed by atoms with E-state index in [0.29, 0.717) is 0 Å². The van der Waals surface area contributed by atoms with E-state index in [-0.39, 0.29) is 16.2 Å². The normalized spacial score (nSPS) is 12.7. The van der Waals surface area contributed by atoms with Crippen LogP contribution in [-0.2, 0) is 29.1 Å². The summed E-state index contributed by atoms with van der Waals surface area (Å²) in [5, 5.41) is 0. The quantitative estimate of drug-likeness (QED) is 0.345. The Bertz CT molecular complexity index is 1220. The molecule has 0 fully saturated rings. The van der Waals surface area contributed by atoms with E-state index in [1.807, 2.05) is 12.1 Å². The topological polar surface area (TPSA) is 78.1 Å². The van der Waals surface area contributed by atoms with Gasteiger partial charge in [0.25, 0.3) is 0 Å². The molecule has 0 saturated carbocycles. The predicted octanol–water partition coefficient (Wildman–Crippen LogP) is 7.51. The lowest BCUT2D eigenvalue weighted by Gasteiger charge is -2.26. The van der Waals surface area contributed by atoms with E-state index in [4.69, 9.17) is 17.2 Å². The molecule has 0 bridgehead atoms. The third kappa shape index (κ3) is 6.20. The Labute approximate surface area is 213 Å². The highest BCUT2D eigenvalue weighted by Crippen LogP contribution is 2.35. The summed E-state index contributed by atoms with van der Waals surface area (Å²) in [7, 11) is 0. The van der Waals surface area contributed by atoms with Crippen LogP contribution in [0, 0.1) is 0 Å². The Hall–Kier alpha value is -2.94. The molecule has 0 radical (unpaired) electrons. The standard InChI is InChI=1S/C32H45N3/c1-30(2,3)24-17-20(10-12-27(24)33)14-22-16-23(29(35)26(19-22)32(7,8)9)15-21-11-13-28(34)25(18-21)31(4,5)6/h10-13,16-19H,14-15,33-35H2,1-9H3. The molecule has 0 aliphatic heterocycles. The predicted molar refractivity (Wildman–Crippen MR) is 154 cm³/mol. The van der Waals surface area contributed by atoms with Crippen LogP contribution in [0.25, 0.3) is 0 Å². The lowest BCUT2D eigenvalue weighted by molar-refractivity contribution is 0.590. The van der Waals surface area contributed by atoms with Gasteiger partial charge in [0.1, 0.15) is 0 Å². The zero-order valence-electron chi connectivity index (χ0n) is 23.3. The fraction of sp³-hybridized carbons (Fsp3) is 0.438. The number of hydrogen-bond acceptors (Lipinski definition) is 3. The minimum absolute atomic E-state index is 0.00283. The van der Waals surface area contributed by atoms with Gasteiger partial charge in [0, 0.05) is 17.1 Å². The van der Waals surface area contributed by atoms with Crippen LogP contribution in [0.2, 0.25) is 0 Å². The molecule has 0 saturated heterocycles. The molecule has 0 spiro atoms. The lowest BCUT2D eigenvalue weighted by atomic mass is 9.80. The van der Waals surface area contributed by atoms with Crippen LogP contribution in [0.4, 0.5) is 17.1 Å². The van der Waals surface area contributed by atoms with Gasteiger partial charge in [-0.1, -0.05) is 98.7 Å². The summed E-state index contributed by atoms with van der Waals surface area (Å²) in [6.45, 7) is 19.9. The molecule has 0 heterocycles. The van der Waals surface area contributed by atoms with E-state index >= 15 is 0 Å². The summed E-state index contributed by atoms with van der Waals surface area (Å²) in [6, 6.07) is 17.4. The van der Waals surface area contributed by atoms with Gasteiger partial charge in [0.15, 0.2) is 0 Å². The molecule has 0 atom stereocenters. The highest BCUT2D eigenvalue weighted by atomic mass is 14.6. The Morgan fingerprint density at radius 2 is 0.886 bits per heavy atom. The summed E-state index contributed by atoms with van der Waals surface area (Å²) in [4.78, 5) is 0. The minimum Gasteiger partial charge on any atom is -0.398 e. The Kier molecular flexibility index (Phi) is 7.05. The fourth-order valence-electron chi connectivity index (χ4n) is 4.83. The van der Waals surface area contributed by atoms with Gasteiger partial charge in [-0.25, -0.2) is 0 Å². The Morgan fingerprint density at radius 1 is 0.486 bits per heavy atom. The Morgan fingerprint density at radius 3 is 1.31 bits per heavy atom. The minimum atomic E-state index is -0.0514. The smallest absolute Gasteiger partial charge is 0.0388 e. The first-order chi connectivity index (χ1) is 16.0. The maximum absolute atomic E-state index is 6.79. The van der Waals surface area contributed by atoms with Crippen LogP contribution in [0.3, 0.4) is 0 Å². The fourth-order valence-corrected chi connectivity index (χ4v) is 4.83. The second-order valence-electron chi connectivity index (χ2n) is 13.2. The largest absolute Gasteiger partial charge is 0.398 e. The molecule has 0 aromatic heterocycles. The molecule has 0 amide bonds. The summed E-state index contributed by atoms with van der Waals surface area (Å²) < 4.78 is 0. The van der Waals surface area contributed by atoms with Gasteiger partial charge >= 0.3 is 0 Å². The van der Waals surface area contributed by atoms with Gasteiger partial charge in [-0.2, -0.15) is 0 Å². The molecule has 0 unspecified atom stereocenters. The average Bonchev–Trinajstić information content (AvgIpc) is 2.70. The monoisotopic (exact) mass is 471 g/mol. The second-order valence-corrected chi connectivity index (χ2v) is 13.2. The maximum atomic E-state index is 6.79. The third-order valence-electron chi connectivity index (χ3n) is 6.79. The van der Waals surface area contributed by atoms with Crippen LogP contribution in [0.15, 0.2) is 48.5 Å². The highest BCUT2D eigenvalue weighted by Gasteiger charge is 2.22. The number of anilines is 3. The number of rotatable bonds is 4. The van der Waals surface area contributed by atoms with Gasteiger partial charge in [0.05, 0.1) is 0 Å². The second kappa shape index (κ2) is 9.26. The molecule has 3 heteroatoms. The maximum Gasteiger partial charge on any atom is 0.0388 e. The van der Waals surface area contributed by atoms with Crippen LogP contribution >= 0.6 is 0 Å². The summed E-state index contributed by atoms with van der Waals surface area (Å²) in [5.74, 6) is 0. The van der Waals surface area contributed by atoms with Gasteiger partial charge in [0.2, 0.25) is 0 Å². The SMILES string of the molecule is CC(C)(C)c1cc(Cc2cc(Cc3ccc(N)c(C(C)(C)C)c3)c(N)c(C(C)(C)C)c2)ccc1N. The van der Waals surface area contributed by atoms with Crippen LogP contribution in [0.5, 0.6) is 0 Å². The summed E-state index contributed by atoms with van der Waals surface area (Å²) >= 11 is 0. The molecule has 188 valence electrons. The van der Waals surface area contributed by atoms with Crippen molar-refractivity contribution in [1.82, 2.24) is 0 Å². The number of nitrogen functional groups attached to an aromatic ring is 3. The van der Waals surface area contributed by atoms with Gasteiger partial charge in [-0.05, 0) is 80.2 Å². The van der Waals surface area contributed by atoms with Crippen molar-refractivity contribution in [2.75, 3.05) is 17.2 Å². The van der Waals surface area contributed by atoms with Crippen molar-refractivity contribution >= 4 is 17.1 Å². The first kappa shape index (κ1) is 26.7. The molecule has 3 nitrogen and oxygen atoms in total. The van der Waals surface area contributed by atoms with Gasteiger partial charge < -0.3 is 17.2 Å². The molecule has 0 aliphatic carbocycles. The molecular weight excluding hydrogens is 426 g/mol. The van der Waals surface area contributed by atoms with Crippen LogP contribution < -0.4 is 17.2 Å². The molecule has 0 aliphatic rings. The van der Waals surface area contributed by atoms with E-state index in [0.717, 1.165) is 29.9 Å². The molecule has 3 aromatic rings. The van der Waals surface area contributed by atoms with E-state index < -0.39 is 0 Å². The van der Waals surface area contributed by atoms with Crippen molar-refractivity contribution in [3.8, 4) is 0 Å². The molecule has 3 aromatic carbocycles. The molecule has 3 rings (SSSR count). The zero-order chi connectivity index (χ0) is 26.3. The first-order valence-electron chi connectivity index (χ1n) is 12.7.